The number of nitrogens with one attached hydrogen (secondary N) is 1. The standard InChI is InChI=1S/C13H12N2O3S2/c1-10-9-19-13(14-10)15-20(17,18)12-6-4-11(5-7-12)3-2-8-16/h4-7,9,16H,8H2,1H3,(H,14,15). The van der Waals surface area contributed by atoms with Crippen molar-refractivity contribution in [3.8, 4) is 11.8 Å². The summed E-state index contributed by atoms with van der Waals surface area (Å²) >= 11 is 1.23. The van der Waals surface area contributed by atoms with E-state index >= 15 is 0 Å². The summed E-state index contributed by atoms with van der Waals surface area (Å²) in [6.45, 7) is 1.56. The predicted octanol–water partition coefficient (Wildman–Crippen LogP) is 1.60. The van der Waals surface area contributed by atoms with Crippen molar-refractivity contribution in [2.45, 2.75) is 11.8 Å². The molecule has 0 spiro atoms. The fourth-order valence-corrected chi connectivity index (χ4v) is 3.37. The minimum atomic E-state index is -3.64. The third kappa shape index (κ3) is 3.57. The topological polar surface area (TPSA) is 79.3 Å². The third-order valence-electron chi connectivity index (χ3n) is 2.32. The first-order valence-electron chi connectivity index (χ1n) is 5.66. The molecule has 1 aromatic carbocycles. The van der Waals surface area contributed by atoms with E-state index < -0.39 is 10.0 Å². The molecule has 0 saturated heterocycles. The van der Waals surface area contributed by atoms with Crippen LogP contribution in [0.15, 0.2) is 34.5 Å². The second kappa shape index (κ2) is 6.05. The van der Waals surface area contributed by atoms with Gasteiger partial charge in [-0.1, -0.05) is 11.8 Å². The molecule has 0 unspecified atom stereocenters. The Labute approximate surface area is 121 Å². The fourth-order valence-electron chi connectivity index (χ4n) is 1.43. The number of rotatable bonds is 3. The van der Waals surface area contributed by atoms with Crippen LogP contribution in [-0.2, 0) is 10.0 Å². The number of thiazole rings is 1. The summed E-state index contributed by atoms with van der Waals surface area (Å²) in [6, 6.07) is 6.10. The van der Waals surface area contributed by atoms with Crippen LogP contribution in [0.3, 0.4) is 0 Å². The molecule has 0 aliphatic heterocycles. The zero-order chi connectivity index (χ0) is 14.6. The molecule has 0 radical (unpaired) electrons. The molecule has 2 rings (SSSR count). The van der Waals surface area contributed by atoms with Gasteiger partial charge in [-0.25, -0.2) is 13.4 Å². The van der Waals surface area contributed by atoms with Gasteiger partial charge >= 0.3 is 0 Å². The first kappa shape index (κ1) is 14.5. The average molecular weight is 308 g/mol. The van der Waals surface area contributed by atoms with Crippen LogP contribution in [0.5, 0.6) is 0 Å². The summed E-state index contributed by atoms with van der Waals surface area (Å²) in [5.41, 5.74) is 1.41. The highest BCUT2D eigenvalue weighted by molar-refractivity contribution is 7.93. The van der Waals surface area contributed by atoms with Gasteiger partial charge < -0.3 is 5.11 Å². The highest BCUT2D eigenvalue weighted by Crippen LogP contribution is 2.19. The van der Waals surface area contributed by atoms with E-state index in [0.29, 0.717) is 10.7 Å². The first-order chi connectivity index (χ1) is 9.51. The van der Waals surface area contributed by atoms with Crippen LogP contribution in [-0.4, -0.2) is 25.1 Å². The lowest BCUT2D eigenvalue weighted by molar-refractivity contribution is 0.350. The van der Waals surface area contributed by atoms with E-state index in [9.17, 15) is 8.42 Å². The maximum Gasteiger partial charge on any atom is 0.263 e. The maximum atomic E-state index is 12.1. The van der Waals surface area contributed by atoms with Crippen molar-refractivity contribution in [1.29, 1.82) is 0 Å². The Balaban J connectivity index is 2.21. The SMILES string of the molecule is Cc1csc(NS(=O)(=O)c2ccc(C#CCO)cc2)n1. The van der Waals surface area contributed by atoms with Gasteiger partial charge in [-0.2, -0.15) is 0 Å². The van der Waals surface area contributed by atoms with Crippen molar-refractivity contribution < 1.29 is 13.5 Å². The molecule has 0 saturated carbocycles. The van der Waals surface area contributed by atoms with Crippen molar-refractivity contribution in [2.75, 3.05) is 11.3 Å². The van der Waals surface area contributed by atoms with Gasteiger partial charge in [0.25, 0.3) is 10.0 Å². The van der Waals surface area contributed by atoms with E-state index in [0.717, 1.165) is 5.69 Å². The molecule has 0 aliphatic rings. The van der Waals surface area contributed by atoms with Crippen molar-refractivity contribution in [3.63, 3.8) is 0 Å². The van der Waals surface area contributed by atoms with E-state index in [1.165, 1.54) is 23.5 Å². The summed E-state index contributed by atoms with van der Waals surface area (Å²) in [4.78, 5) is 4.20. The molecular formula is C13H12N2O3S2. The monoisotopic (exact) mass is 308 g/mol. The number of aliphatic hydroxyl groups excluding tert-OH is 1. The minimum Gasteiger partial charge on any atom is -0.384 e. The van der Waals surface area contributed by atoms with Crippen LogP contribution in [0.2, 0.25) is 0 Å². The predicted molar refractivity (Wildman–Crippen MR) is 78.1 cm³/mol. The Morgan fingerprint density at radius 2 is 2.05 bits per heavy atom. The number of hydrogen-bond acceptors (Lipinski definition) is 5. The zero-order valence-corrected chi connectivity index (χ0v) is 12.3. The Bertz CT molecular complexity index is 753. The fraction of sp³-hybridized carbons (Fsp3) is 0.154. The number of anilines is 1. The molecule has 0 bridgehead atoms. The number of aromatic nitrogens is 1. The lowest BCUT2D eigenvalue weighted by Gasteiger charge is -2.04. The third-order valence-corrected chi connectivity index (χ3v) is 4.68. The van der Waals surface area contributed by atoms with Gasteiger partial charge in [0.1, 0.15) is 6.61 Å². The van der Waals surface area contributed by atoms with E-state index in [1.807, 2.05) is 0 Å². The van der Waals surface area contributed by atoms with E-state index in [4.69, 9.17) is 5.11 Å². The van der Waals surface area contributed by atoms with Crippen LogP contribution in [0.25, 0.3) is 0 Å². The average Bonchev–Trinajstić information content (AvgIpc) is 2.81. The molecule has 0 fully saturated rings. The van der Waals surface area contributed by atoms with Gasteiger partial charge in [-0.05, 0) is 31.2 Å². The number of aryl methyl sites for hydroxylation is 1. The Kier molecular flexibility index (Phi) is 4.39. The quantitative estimate of drug-likeness (QED) is 0.844. The van der Waals surface area contributed by atoms with Gasteiger partial charge in [-0.3, -0.25) is 4.72 Å². The van der Waals surface area contributed by atoms with Crippen LogP contribution in [0.4, 0.5) is 5.13 Å². The van der Waals surface area contributed by atoms with Crippen LogP contribution in [0, 0.1) is 18.8 Å². The van der Waals surface area contributed by atoms with Crippen molar-refractivity contribution >= 4 is 26.5 Å². The Morgan fingerprint density at radius 1 is 1.35 bits per heavy atom. The summed E-state index contributed by atoms with van der Waals surface area (Å²) < 4.78 is 26.7. The highest BCUT2D eigenvalue weighted by atomic mass is 32.2. The normalized spacial score (nSPS) is 10.7. The number of hydrogen-bond donors (Lipinski definition) is 2. The minimum absolute atomic E-state index is 0.139. The maximum absolute atomic E-state index is 12.1. The molecule has 5 nitrogen and oxygen atoms in total. The van der Waals surface area contributed by atoms with Crippen molar-refractivity contribution in [2.24, 2.45) is 0 Å². The molecule has 0 amide bonds. The number of aliphatic hydroxyl groups is 1. The second-order valence-electron chi connectivity index (χ2n) is 3.88. The second-order valence-corrected chi connectivity index (χ2v) is 6.42. The highest BCUT2D eigenvalue weighted by Gasteiger charge is 2.15. The van der Waals surface area contributed by atoms with Gasteiger partial charge in [0.05, 0.1) is 10.6 Å². The number of nitrogens with zero attached hydrogens (tertiary/aromatic N) is 1. The molecule has 2 aromatic rings. The Hall–Kier alpha value is -1.88. The van der Waals surface area contributed by atoms with Crippen molar-refractivity contribution in [1.82, 2.24) is 4.98 Å². The zero-order valence-electron chi connectivity index (χ0n) is 10.6. The molecule has 1 aromatic heterocycles. The summed E-state index contributed by atoms with van der Waals surface area (Å²) in [6.07, 6.45) is 0. The number of benzene rings is 1. The number of sulfonamides is 1. The smallest absolute Gasteiger partial charge is 0.263 e. The van der Waals surface area contributed by atoms with E-state index in [2.05, 4.69) is 21.5 Å². The molecule has 2 N–H and O–H groups in total. The molecule has 20 heavy (non-hydrogen) atoms. The van der Waals surface area contributed by atoms with E-state index in [1.54, 1.807) is 24.4 Å². The molecule has 0 aliphatic carbocycles. The Morgan fingerprint density at radius 3 is 2.60 bits per heavy atom. The summed E-state index contributed by atoms with van der Waals surface area (Å²) in [7, 11) is -3.64. The summed E-state index contributed by atoms with van der Waals surface area (Å²) in [5, 5.41) is 10.7. The van der Waals surface area contributed by atoms with Crippen molar-refractivity contribution in [3.05, 3.63) is 40.9 Å². The molecular weight excluding hydrogens is 296 g/mol. The van der Waals surface area contributed by atoms with Crippen LogP contribution in [0.1, 0.15) is 11.3 Å². The lowest BCUT2D eigenvalue weighted by Crippen LogP contribution is -2.12. The van der Waals surface area contributed by atoms with Crippen LogP contribution >= 0.6 is 11.3 Å². The molecule has 104 valence electrons. The lowest BCUT2D eigenvalue weighted by atomic mass is 10.2. The van der Waals surface area contributed by atoms with Gasteiger partial charge in [0, 0.05) is 10.9 Å². The molecule has 1 heterocycles. The van der Waals surface area contributed by atoms with Gasteiger partial charge in [-0.15, -0.1) is 11.3 Å². The summed E-state index contributed by atoms with van der Waals surface area (Å²) in [5.74, 6) is 5.20. The van der Waals surface area contributed by atoms with Crippen LogP contribution < -0.4 is 4.72 Å². The molecule has 7 heteroatoms. The first-order valence-corrected chi connectivity index (χ1v) is 8.02. The van der Waals surface area contributed by atoms with Gasteiger partial charge in [0.2, 0.25) is 0 Å². The largest absolute Gasteiger partial charge is 0.384 e. The van der Waals surface area contributed by atoms with E-state index in [-0.39, 0.29) is 11.5 Å². The van der Waals surface area contributed by atoms with Gasteiger partial charge in [0.15, 0.2) is 5.13 Å². The molecule has 0 atom stereocenters.